The van der Waals surface area contributed by atoms with Gasteiger partial charge in [-0.2, -0.15) is 0 Å². The van der Waals surface area contributed by atoms with E-state index in [9.17, 15) is 19.2 Å². The minimum absolute atomic E-state index is 0.00534. The number of fused-ring (bicyclic) bond motifs is 2. The Hall–Kier alpha value is -3.90. The zero-order valence-corrected chi connectivity index (χ0v) is 29.2. The first-order valence-electron chi connectivity index (χ1n) is 14.0. The Morgan fingerprint density at radius 1 is 0.800 bits per heavy atom. The molecule has 0 aliphatic rings. The maximum atomic E-state index is 13.7. The van der Waals surface area contributed by atoms with Gasteiger partial charge >= 0.3 is 11.9 Å². The fraction of sp³-hybridized carbons (Fsp3) is 0.333. The average molecular weight is 746 g/mol. The molecule has 1 atom stereocenters. The molecule has 2 aromatic carbocycles. The number of halogens is 2. The minimum Gasteiger partial charge on any atom is -0.495 e. The second kappa shape index (κ2) is 13.6. The summed E-state index contributed by atoms with van der Waals surface area (Å²) >= 11 is 6.85. The lowest BCUT2D eigenvalue weighted by Crippen LogP contribution is -2.28. The number of pyridine rings is 2. The Labute approximate surface area is 276 Å². The van der Waals surface area contributed by atoms with E-state index in [1.807, 2.05) is 27.7 Å². The van der Waals surface area contributed by atoms with Crippen LogP contribution in [-0.2, 0) is 9.47 Å². The second-order valence-corrected chi connectivity index (χ2v) is 12.8. The molecule has 10 nitrogen and oxygen atoms in total. The van der Waals surface area contributed by atoms with Crippen molar-refractivity contribution >= 4 is 71.3 Å². The van der Waals surface area contributed by atoms with Gasteiger partial charge in [0.2, 0.25) is 10.9 Å². The maximum Gasteiger partial charge on any atom is 0.343 e. The Bertz CT molecular complexity index is 1960. The molecule has 0 spiro atoms. The highest BCUT2D eigenvalue weighted by Gasteiger charge is 2.26. The van der Waals surface area contributed by atoms with Crippen LogP contribution in [0.1, 0.15) is 54.5 Å². The number of hydrogen-bond donors (Lipinski definition) is 0. The van der Waals surface area contributed by atoms with Crippen molar-refractivity contribution in [3.63, 3.8) is 0 Å². The van der Waals surface area contributed by atoms with E-state index >= 15 is 0 Å². The predicted molar refractivity (Wildman–Crippen MR) is 181 cm³/mol. The molecule has 0 fully saturated rings. The zero-order valence-electron chi connectivity index (χ0n) is 26.0. The third-order valence-electron chi connectivity index (χ3n) is 7.70. The lowest BCUT2D eigenvalue weighted by Gasteiger charge is -2.27. The van der Waals surface area contributed by atoms with Crippen LogP contribution < -0.4 is 20.3 Å². The minimum atomic E-state index is -0.830. The van der Waals surface area contributed by atoms with E-state index in [0.29, 0.717) is 37.2 Å². The summed E-state index contributed by atoms with van der Waals surface area (Å²) in [6.45, 7) is 11.7. The number of carbonyl (C=O) groups excluding carboxylic acids is 2. The molecule has 0 saturated heterocycles. The first-order valence-corrected chi connectivity index (χ1v) is 15.6. The predicted octanol–water partition coefficient (Wildman–Crippen LogP) is 6.83. The van der Waals surface area contributed by atoms with Gasteiger partial charge in [-0.25, -0.2) is 9.59 Å². The van der Waals surface area contributed by atoms with Gasteiger partial charge < -0.3 is 28.1 Å². The van der Waals surface area contributed by atoms with Crippen LogP contribution in [0.3, 0.4) is 0 Å². The van der Waals surface area contributed by atoms with Crippen molar-refractivity contribution in [2.75, 3.05) is 27.9 Å². The average Bonchev–Trinajstić information content (AvgIpc) is 3.01. The monoisotopic (exact) mass is 744 g/mol. The Balaban J connectivity index is 1.84. The number of ether oxygens (including phenoxy) is 4. The van der Waals surface area contributed by atoms with Crippen LogP contribution in [0.5, 0.6) is 11.5 Å². The summed E-state index contributed by atoms with van der Waals surface area (Å²) < 4.78 is 26.1. The van der Waals surface area contributed by atoms with Crippen molar-refractivity contribution in [3.05, 3.63) is 83.8 Å². The number of methoxy groups -OCH3 is 3. The van der Waals surface area contributed by atoms with Crippen LogP contribution in [-0.4, -0.2) is 49.0 Å². The quantitative estimate of drug-likeness (QED) is 0.163. The van der Waals surface area contributed by atoms with E-state index in [1.54, 1.807) is 33.4 Å². The highest BCUT2D eigenvalue weighted by molar-refractivity contribution is 9.11. The van der Waals surface area contributed by atoms with Crippen molar-refractivity contribution in [1.29, 1.82) is 0 Å². The summed E-state index contributed by atoms with van der Waals surface area (Å²) in [6.07, 6.45) is 2.85. The molecule has 45 heavy (non-hydrogen) atoms. The van der Waals surface area contributed by atoms with Gasteiger partial charge in [-0.1, -0.05) is 34.3 Å². The van der Waals surface area contributed by atoms with Crippen LogP contribution in [0, 0.1) is 11.8 Å². The molecule has 4 aromatic rings. The Kier molecular flexibility index (Phi) is 10.3. The number of esters is 2. The molecule has 0 aliphatic heterocycles. The molecular weight excluding hydrogens is 712 g/mol. The topological polar surface area (TPSA) is 115 Å². The smallest absolute Gasteiger partial charge is 0.343 e. The fourth-order valence-electron chi connectivity index (χ4n) is 5.01. The van der Waals surface area contributed by atoms with Crippen LogP contribution >= 0.6 is 31.9 Å². The summed E-state index contributed by atoms with van der Waals surface area (Å²) in [7, 11) is 4.22. The molecular formula is C33H34Br2N2O8. The van der Waals surface area contributed by atoms with E-state index < -0.39 is 28.8 Å². The van der Waals surface area contributed by atoms with Gasteiger partial charge in [0.25, 0.3) is 0 Å². The molecule has 2 aromatic heterocycles. The Morgan fingerprint density at radius 2 is 1.31 bits per heavy atom. The molecule has 0 amide bonds. The third kappa shape index (κ3) is 6.44. The first kappa shape index (κ1) is 34.0. The highest BCUT2D eigenvalue weighted by Crippen LogP contribution is 2.33. The molecule has 0 saturated carbocycles. The van der Waals surface area contributed by atoms with Crippen molar-refractivity contribution in [2.24, 2.45) is 11.8 Å². The van der Waals surface area contributed by atoms with E-state index in [-0.39, 0.29) is 40.3 Å². The van der Waals surface area contributed by atoms with Gasteiger partial charge in [0.05, 0.1) is 47.4 Å². The van der Waals surface area contributed by atoms with E-state index in [1.165, 1.54) is 33.7 Å². The molecule has 0 bridgehead atoms. The molecule has 0 N–H and O–H groups in total. The van der Waals surface area contributed by atoms with Crippen LogP contribution in [0.25, 0.3) is 27.5 Å². The van der Waals surface area contributed by atoms with Crippen molar-refractivity contribution < 1.29 is 28.5 Å². The van der Waals surface area contributed by atoms with Crippen LogP contribution in [0.4, 0.5) is 0 Å². The lowest BCUT2D eigenvalue weighted by atomic mass is 10.0. The summed E-state index contributed by atoms with van der Waals surface area (Å²) in [4.78, 5) is 53.2. The molecule has 238 valence electrons. The van der Waals surface area contributed by atoms with Gasteiger partial charge in [-0.3, -0.25) is 9.59 Å². The Morgan fingerprint density at radius 3 is 1.80 bits per heavy atom. The van der Waals surface area contributed by atoms with Crippen molar-refractivity contribution in [2.45, 2.75) is 33.7 Å². The third-order valence-corrected chi connectivity index (χ3v) is 8.94. The fourth-order valence-corrected chi connectivity index (χ4v) is 6.02. The summed E-state index contributed by atoms with van der Waals surface area (Å²) in [5, 5.41) is 0.527. The van der Waals surface area contributed by atoms with E-state index in [4.69, 9.17) is 18.9 Å². The van der Waals surface area contributed by atoms with Gasteiger partial charge in [-0.05, 0) is 55.8 Å². The maximum absolute atomic E-state index is 13.7. The second-order valence-electron chi connectivity index (χ2n) is 11.1. The molecule has 12 heteroatoms. The molecule has 4 rings (SSSR count). The van der Waals surface area contributed by atoms with Gasteiger partial charge in [0, 0.05) is 41.0 Å². The van der Waals surface area contributed by atoms with Crippen LogP contribution in [0.2, 0.25) is 0 Å². The van der Waals surface area contributed by atoms with Crippen molar-refractivity contribution in [3.8, 4) is 11.5 Å². The largest absolute Gasteiger partial charge is 0.495 e. The number of rotatable bonds is 10. The number of aromatic nitrogens is 2. The normalized spacial score (nSPS) is 12.1. The van der Waals surface area contributed by atoms with Gasteiger partial charge in [0.1, 0.15) is 29.2 Å². The first-order chi connectivity index (χ1) is 21.2. The molecule has 0 aliphatic carbocycles. The molecule has 0 radical (unpaired) electrons. The summed E-state index contributed by atoms with van der Waals surface area (Å²) in [6, 6.07) is 6.02. The number of hydrogen-bond acceptors (Lipinski definition) is 8. The van der Waals surface area contributed by atoms with Gasteiger partial charge in [-0.15, -0.1) is 0 Å². The number of allylic oxidation sites excluding steroid dienone is 1. The number of benzene rings is 2. The number of nitrogens with zero attached hydrogens (tertiary/aromatic N) is 2. The summed E-state index contributed by atoms with van der Waals surface area (Å²) in [5.41, 5.74) is 0.283. The zero-order chi connectivity index (χ0) is 33.3. The molecule has 0 unspecified atom stereocenters. The van der Waals surface area contributed by atoms with Crippen molar-refractivity contribution in [1.82, 2.24) is 9.13 Å². The standard InChI is InChI=1S/C33H34Br2N2O8/c1-16(2)18(5)36-13-22(31(39)19-9-23(34)28(42-6)11-25(19)36)33(41)45-15-27(17(3)4)37-14-21(32(40)44-8)30(38)20-10-24(35)29(43-7)12-26(20)37/h9-14,16-17,27H,5,15H2,1-4,6-8H3/t27-/m1/s1. The lowest BCUT2D eigenvalue weighted by molar-refractivity contribution is 0.0413. The van der Waals surface area contributed by atoms with Crippen LogP contribution in [0.15, 0.2) is 61.8 Å². The number of carbonyl (C=O) groups is 2. The van der Waals surface area contributed by atoms with E-state index in [0.717, 1.165) is 0 Å². The van der Waals surface area contributed by atoms with Gasteiger partial charge in [0.15, 0.2) is 0 Å². The highest BCUT2D eigenvalue weighted by atomic mass is 79.9. The SMILES string of the molecule is C=C(C(C)C)n1cc(C(=O)OC[C@H](C(C)C)n2cc(C(=O)OC)c(=O)c3cc(Br)c(OC)cc32)c(=O)c2cc(Br)c(OC)cc21. The molecule has 2 heterocycles. The summed E-state index contributed by atoms with van der Waals surface area (Å²) in [5.74, 6) is -0.803. The van der Waals surface area contributed by atoms with E-state index in [2.05, 4.69) is 38.4 Å².